The Morgan fingerprint density at radius 2 is 1.68 bits per heavy atom. The lowest BCUT2D eigenvalue weighted by molar-refractivity contribution is -0.253. The van der Waals surface area contributed by atoms with E-state index >= 15 is 0 Å². The average Bonchev–Trinajstić information content (AvgIpc) is 2.96. The zero-order chi connectivity index (χ0) is 28.9. The molecule has 0 spiro atoms. The predicted octanol–water partition coefficient (Wildman–Crippen LogP) is 5.63. The molecule has 3 N–H and O–H groups in total. The zero-order valence-corrected chi connectivity index (χ0v) is 24.5. The Morgan fingerprint density at radius 1 is 0.927 bits per heavy atom. The van der Waals surface area contributed by atoms with Gasteiger partial charge in [0.2, 0.25) is 11.8 Å². The van der Waals surface area contributed by atoms with E-state index in [0.717, 1.165) is 67.7 Å². The van der Waals surface area contributed by atoms with Gasteiger partial charge in [0.15, 0.2) is 6.29 Å². The van der Waals surface area contributed by atoms with E-state index in [-0.39, 0.29) is 30.6 Å². The van der Waals surface area contributed by atoms with Crippen molar-refractivity contribution in [2.24, 2.45) is 0 Å². The summed E-state index contributed by atoms with van der Waals surface area (Å²) < 4.78 is 13.1. The second-order valence-electron chi connectivity index (χ2n) is 11.4. The molecule has 2 aliphatic heterocycles. The number of hydrogen-bond donors (Lipinski definition) is 3. The van der Waals surface area contributed by atoms with Gasteiger partial charge >= 0.3 is 0 Å². The minimum Gasteiger partial charge on any atom is -0.392 e. The van der Waals surface area contributed by atoms with Gasteiger partial charge in [0.1, 0.15) is 0 Å². The van der Waals surface area contributed by atoms with Crippen molar-refractivity contribution in [3.63, 3.8) is 0 Å². The molecule has 0 bridgehead atoms. The summed E-state index contributed by atoms with van der Waals surface area (Å²) in [7, 11) is 0. The predicted molar refractivity (Wildman–Crippen MR) is 160 cm³/mol. The van der Waals surface area contributed by atoms with Gasteiger partial charge < -0.3 is 30.1 Å². The molecular weight excluding hydrogens is 518 g/mol. The van der Waals surface area contributed by atoms with Crippen LogP contribution in [0.15, 0.2) is 48.5 Å². The van der Waals surface area contributed by atoms with Crippen LogP contribution in [0.5, 0.6) is 0 Å². The SMILES string of the molecule is CC(=O)NCCCCCC(=O)Nc1cccc([C@H]2O[C@@H](CN3CCCCCCC3)C[C@@H](c3ccc(CO)cc3)O2)c1. The number of rotatable bonds is 12. The Hall–Kier alpha value is -2.78. The van der Waals surface area contributed by atoms with Crippen LogP contribution in [-0.4, -0.2) is 54.1 Å². The highest BCUT2D eigenvalue weighted by Gasteiger charge is 2.33. The first-order valence-electron chi connectivity index (χ1n) is 15.4. The summed E-state index contributed by atoms with van der Waals surface area (Å²) in [5, 5.41) is 15.3. The Labute approximate surface area is 244 Å². The molecule has 4 rings (SSSR count). The maximum Gasteiger partial charge on any atom is 0.224 e. The number of hydrogen-bond acceptors (Lipinski definition) is 6. The monoisotopic (exact) mass is 565 g/mol. The van der Waals surface area contributed by atoms with Crippen LogP contribution in [0.2, 0.25) is 0 Å². The third-order valence-corrected chi connectivity index (χ3v) is 7.92. The molecule has 2 aromatic rings. The highest BCUT2D eigenvalue weighted by atomic mass is 16.7. The number of amides is 2. The standard InChI is InChI=1S/C33H47N3O5/c1-25(38)34-18-7-5-6-13-32(39)35-29-12-10-11-28(21-29)33-40-30(23-36-19-8-3-2-4-9-20-36)22-31(41-33)27-16-14-26(24-37)15-17-27/h10-12,14-17,21,30-31,33,37H,2-9,13,18-20,22-24H2,1H3,(H,34,38)(H,35,39)/t30-,31+,33+/m1/s1. The van der Waals surface area contributed by atoms with E-state index in [2.05, 4.69) is 15.5 Å². The van der Waals surface area contributed by atoms with Crippen molar-refractivity contribution in [3.8, 4) is 0 Å². The number of aliphatic hydroxyl groups is 1. The summed E-state index contributed by atoms with van der Waals surface area (Å²) in [6, 6.07) is 15.7. The second kappa shape index (κ2) is 16.6. The number of unbranched alkanes of at least 4 members (excludes halogenated alkanes) is 2. The molecule has 0 unspecified atom stereocenters. The normalized spacial score (nSPS) is 22.0. The Bertz CT molecular complexity index is 1080. The van der Waals surface area contributed by atoms with E-state index in [1.165, 1.54) is 39.0 Å². The van der Waals surface area contributed by atoms with E-state index in [1.54, 1.807) is 0 Å². The lowest BCUT2D eigenvalue weighted by atomic mass is 9.99. The van der Waals surface area contributed by atoms with Crippen molar-refractivity contribution < 1.29 is 24.2 Å². The number of carbonyl (C=O) groups is 2. The van der Waals surface area contributed by atoms with Crippen LogP contribution < -0.4 is 10.6 Å². The van der Waals surface area contributed by atoms with Crippen LogP contribution in [0.25, 0.3) is 0 Å². The minimum atomic E-state index is -0.545. The Kier molecular flexibility index (Phi) is 12.6. The second-order valence-corrected chi connectivity index (χ2v) is 11.4. The maximum absolute atomic E-state index is 12.6. The Balaban J connectivity index is 1.40. The lowest BCUT2D eigenvalue weighted by Crippen LogP contribution is -2.40. The fourth-order valence-corrected chi connectivity index (χ4v) is 5.65. The summed E-state index contributed by atoms with van der Waals surface area (Å²) in [4.78, 5) is 26.1. The number of carbonyl (C=O) groups excluding carboxylic acids is 2. The van der Waals surface area contributed by atoms with Gasteiger partial charge in [0.05, 0.1) is 18.8 Å². The molecule has 8 nitrogen and oxygen atoms in total. The summed E-state index contributed by atoms with van der Waals surface area (Å²) in [6.07, 6.45) is 9.46. The number of nitrogens with zero attached hydrogens (tertiary/aromatic N) is 1. The molecule has 0 saturated carbocycles. The quantitative estimate of drug-likeness (QED) is 0.289. The highest BCUT2D eigenvalue weighted by molar-refractivity contribution is 5.90. The minimum absolute atomic E-state index is 0.0186. The van der Waals surface area contributed by atoms with Crippen molar-refractivity contribution >= 4 is 17.5 Å². The molecule has 2 aliphatic rings. The van der Waals surface area contributed by atoms with Crippen LogP contribution in [-0.2, 0) is 25.7 Å². The van der Waals surface area contributed by atoms with Crippen LogP contribution in [0.4, 0.5) is 5.69 Å². The van der Waals surface area contributed by atoms with E-state index in [0.29, 0.717) is 13.0 Å². The van der Waals surface area contributed by atoms with Crippen LogP contribution in [0.3, 0.4) is 0 Å². The maximum atomic E-state index is 12.6. The fraction of sp³-hybridized carbons (Fsp3) is 0.576. The summed E-state index contributed by atoms with van der Waals surface area (Å²) >= 11 is 0. The topological polar surface area (TPSA) is 100 Å². The molecule has 2 aromatic carbocycles. The number of anilines is 1. The van der Waals surface area contributed by atoms with E-state index < -0.39 is 6.29 Å². The number of ether oxygens (including phenoxy) is 2. The summed E-state index contributed by atoms with van der Waals surface area (Å²) in [6.45, 7) is 5.27. The first kappa shape index (κ1) is 31.2. The third kappa shape index (κ3) is 10.5. The first-order chi connectivity index (χ1) is 20.0. The van der Waals surface area contributed by atoms with Crippen LogP contribution in [0, 0.1) is 0 Å². The first-order valence-corrected chi connectivity index (χ1v) is 15.4. The third-order valence-electron chi connectivity index (χ3n) is 7.92. The van der Waals surface area contributed by atoms with E-state index in [9.17, 15) is 14.7 Å². The van der Waals surface area contributed by atoms with Crippen molar-refractivity contribution in [2.45, 2.75) is 96.2 Å². The van der Waals surface area contributed by atoms with Gasteiger partial charge in [-0.15, -0.1) is 0 Å². The van der Waals surface area contributed by atoms with E-state index in [1.807, 2.05) is 48.5 Å². The lowest BCUT2D eigenvalue weighted by Gasteiger charge is -2.39. The Morgan fingerprint density at radius 3 is 2.41 bits per heavy atom. The molecule has 0 radical (unpaired) electrons. The number of nitrogens with one attached hydrogen (secondary N) is 2. The van der Waals surface area contributed by atoms with E-state index in [4.69, 9.17) is 9.47 Å². The molecule has 2 heterocycles. The molecule has 2 amide bonds. The number of aliphatic hydroxyl groups excluding tert-OH is 1. The molecule has 0 aromatic heterocycles. The van der Waals surface area contributed by atoms with Gasteiger partial charge in [-0.3, -0.25) is 9.59 Å². The molecular formula is C33H47N3O5. The van der Waals surface area contributed by atoms with Crippen molar-refractivity contribution in [2.75, 3.05) is 31.5 Å². The largest absolute Gasteiger partial charge is 0.392 e. The van der Waals surface area contributed by atoms with Crippen LogP contribution in [0.1, 0.15) is 100 Å². The summed E-state index contributed by atoms with van der Waals surface area (Å²) in [5.74, 6) is -0.0490. The van der Waals surface area contributed by atoms with Gasteiger partial charge in [0.25, 0.3) is 0 Å². The molecule has 8 heteroatoms. The van der Waals surface area contributed by atoms with Gasteiger partial charge in [0, 0.05) is 44.1 Å². The summed E-state index contributed by atoms with van der Waals surface area (Å²) in [5.41, 5.74) is 3.57. The fourth-order valence-electron chi connectivity index (χ4n) is 5.65. The molecule has 2 saturated heterocycles. The van der Waals surface area contributed by atoms with Gasteiger partial charge in [-0.1, -0.05) is 62.1 Å². The van der Waals surface area contributed by atoms with Gasteiger partial charge in [-0.25, -0.2) is 0 Å². The molecule has 41 heavy (non-hydrogen) atoms. The van der Waals surface area contributed by atoms with Crippen LogP contribution >= 0.6 is 0 Å². The molecule has 2 fully saturated rings. The average molecular weight is 566 g/mol. The van der Waals surface area contributed by atoms with Gasteiger partial charge in [-0.05, 0) is 62.0 Å². The van der Waals surface area contributed by atoms with Gasteiger partial charge in [-0.2, -0.15) is 0 Å². The smallest absolute Gasteiger partial charge is 0.224 e. The van der Waals surface area contributed by atoms with Crippen molar-refractivity contribution in [3.05, 3.63) is 65.2 Å². The number of likely N-dealkylation sites (tertiary alicyclic amines) is 1. The zero-order valence-electron chi connectivity index (χ0n) is 24.5. The highest BCUT2D eigenvalue weighted by Crippen LogP contribution is 2.38. The van der Waals surface area contributed by atoms with Crippen molar-refractivity contribution in [1.29, 1.82) is 0 Å². The molecule has 0 aliphatic carbocycles. The van der Waals surface area contributed by atoms with Crippen molar-refractivity contribution in [1.82, 2.24) is 10.2 Å². The molecule has 224 valence electrons. The molecule has 3 atom stereocenters. The number of benzene rings is 2.